The average molecular weight is 193 g/mol. The molecule has 2 aliphatic rings. The molecule has 1 aromatic rings. The van der Waals surface area contributed by atoms with Crippen LogP contribution in [0.4, 0.5) is 0 Å². The number of nitrogens with one attached hydrogen (secondary N) is 1. The van der Waals surface area contributed by atoms with E-state index in [0.717, 1.165) is 24.8 Å². The van der Waals surface area contributed by atoms with E-state index in [-0.39, 0.29) is 0 Å². The second-order valence-electron chi connectivity index (χ2n) is 4.31. The molecule has 2 heterocycles. The molecule has 1 aliphatic carbocycles. The topological polar surface area (TPSA) is 51.0 Å². The predicted octanol–water partition coefficient (Wildman–Crippen LogP) is 1.41. The third kappa shape index (κ3) is 1.54. The van der Waals surface area contributed by atoms with E-state index in [1.54, 1.807) is 0 Å². The Labute approximate surface area is 83.1 Å². The molecule has 2 fully saturated rings. The lowest BCUT2D eigenvalue weighted by Gasteiger charge is -2.19. The molecule has 76 valence electrons. The maximum atomic E-state index is 5.25. The van der Waals surface area contributed by atoms with Gasteiger partial charge < -0.3 is 9.84 Å². The summed E-state index contributed by atoms with van der Waals surface area (Å²) in [5, 5.41) is 7.44. The van der Waals surface area contributed by atoms with Gasteiger partial charge in [0.1, 0.15) is 0 Å². The Bertz CT molecular complexity index is 313. The Hall–Kier alpha value is -0.900. The molecule has 1 saturated carbocycles. The Morgan fingerprint density at radius 3 is 2.86 bits per heavy atom. The maximum Gasteiger partial charge on any atom is 0.229 e. The highest BCUT2D eigenvalue weighted by atomic mass is 16.5. The first-order valence-corrected chi connectivity index (χ1v) is 5.47. The molecule has 4 nitrogen and oxygen atoms in total. The molecule has 0 bridgehead atoms. The fourth-order valence-corrected chi connectivity index (χ4v) is 1.98. The lowest BCUT2D eigenvalue weighted by molar-refractivity contribution is 0.362. The van der Waals surface area contributed by atoms with Crippen LogP contribution in [0.5, 0.6) is 0 Å². The molecule has 0 spiro atoms. The van der Waals surface area contributed by atoms with Gasteiger partial charge in [0.05, 0.1) is 0 Å². The maximum absolute atomic E-state index is 5.25. The molecule has 4 heteroatoms. The number of piperidine rings is 1. The first-order valence-electron chi connectivity index (χ1n) is 5.47. The van der Waals surface area contributed by atoms with E-state index in [1.807, 2.05) is 0 Å². The molecule has 3 rings (SSSR count). The van der Waals surface area contributed by atoms with E-state index in [4.69, 9.17) is 4.52 Å². The minimum absolute atomic E-state index is 0.472. The smallest absolute Gasteiger partial charge is 0.229 e. The van der Waals surface area contributed by atoms with E-state index < -0.39 is 0 Å². The fraction of sp³-hybridized carbons (Fsp3) is 0.800. The standard InChI is InChI=1S/C10H15N3O/c1-2-8(6-11-5-1)9-12-10(14-13-9)7-3-4-7/h7-8,11H,1-6H2/t8-/m1/s1. The normalized spacial score (nSPS) is 27.9. The van der Waals surface area contributed by atoms with Crippen LogP contribution in [0, 0.1) is 0 Å². The zero-order valence-corrected chi connectivity index (χ0v) is 8.20. The first kappa shape index (κ1) is 8.41. The molecule has 0 radical (unpaired) electrons. The van der Waals surface area contributed by atoms with Gasteiger partial charge in [-0.15, -0.1) is 0 Å². The molecule has 1 N–H and O–H groups in total. The second-order valence-corrected chi connectivity index (χ2v) is 4.31. The summed E-state index contributed by atoms with van der Waals surface area (Å²) in [5.74, 6) is 2.83. The van der Waals surface area contributed by atoms with Crippen molar-refractivity contribution < 1.29 is 4.52 Å². The van der Waals surface area contributed by atoms with Crippen LogP contribution in [0.25, 0.3) is 0 Å². The van der Waals surface area contributed by atoms with Crippen LogP contribution in [-0.4, -0.2) is 23.2 Å². The third-order valence-electron chi connectivity index (χ3n) is 3.05. The van der Waals surface area contributed by atoms with Crippen molar-refractivity contribution in [1.82, 2.24) is 15.5 Å². The molecule has 1 aromatic heterocycles. The Morgan fingerprint density at radius 2 is 2.14 bits per heavy atom. The average Bonchev–Trinajstić information content (AvgIpc) is 2.98. The Kier molecular flexibility index (Phi) is 2.01. The summed E-state index contributed by atoms with van der Waals surface area (Å²) < 4.78 is 5.25. The van der Waals surface area contributed by atoms with Crippen molar-refractivity contribution in [1.29, 1.82) is 0 Å². The van der Waals surface area contributed by atoms with Gasteiger partial charge in [0.25, 0.3) is 0 Å². The molecule has 1 atom stereocenters. The van der Waals surface area contributed by atoms with Crippen molar-refractivity contribution in [2.45, 2.75) is 37.5 Å². The number of hydrogen-bond acceptors (Lipinski definition) is 4. The van der Waals surface area contributed by atoms with Crippen molar-refractivity contribution in [3.63, 3.8) is 0 Å². The van der Waals surface area contributed by atoms with Gasteiger partial charge in [0.15, 0.2) is 5.82 Å². The molecule has 14 heavy (non-hydrogen) atoms. The Balaban J connectivity index is 1.74. The van der Waals surface area contributed by atoms with Gasteiger partial charge in [-0.25, -0.2) is 0 Å². The quantitative estimate of drug-likeness (QED) is 0.771. The fourth-order valence-electron chi connectivity index (χ4n) is 1.98. The van der Waals surface area contributed by atoms with E-state index >= 15 is 0 Å². The zero-order chi connectivity index (χ0) is 9.38. The molecular weight excluding hydrogens is 178 g/mol. The van der Waals surface area contributed by atoms with Crippen LogP contribution in [0.15, 0.2) is 4.52 Å². The van der Waals surface area contributed by atoms with Crippen molar-refractivity contribution in [3.05, 3.63) is 11.7 Å². The number of hydrogen-bond donors (Lipinski definition) is 1. The molecule has 0 unspecified atom stereocenters. The summed E-state index contributed by atoms with van der Waals surface area (Å²) in [4.78, 5) is 4.48. The van der Waals surface area contributed by atoms with Crippen LogP contribution in [-0.2, 0) is 0 Å². The van der Waals surface area contributed by atoms with Gasteiger partial charge in [-0.05, 0) is 32.2 Å². The second kappa shape index (κ2) is 3.35. The van der Waals surface area contributed by atoms with Gasteiger partial charge in [0.2, 0.25) is 5.89 Å². The highest BCUT2D eigenvalue weighted by Gasteiger charge is 2.31. The lowest BCUT2D eigenvalue weighted by Crippen LogP contribution is -2.28. The van der Waals surface area contributed by atoms with Gasteiger partial charge in [-0.1, -0.05) is 5.16 Å². The first-order chi connectivity index (χ1) is 6.93. The van der Waals surface area contributed by atoms with E-state index in [2.05, 4.69) is 15.5 Å². The number of rotatable bonds is 2. The van der Waals surface area contributed by atoms with Crippen molar-refractivity contribution in [2.75, 3.05) is 13.1 Å². The number of aromatic nitrogens is 2. The van der Waals surface area contributed by atoms with E-state index in [1.165, 1.54) is 25.7 Å². The van der Waals surface area contributed by atoms with Crippen LogP contribution in [0.3, 0.4) is 0 Å². The largest absolute Gasteiger partial charge is 0.339 e. The summed E-state index contributed by atoms with van der Waals surface area (Å²) >= 11 is 0. The highest BCUT2D eigenvalue weighted by molar-refractivity contribution is 5.05. The third-order valence-corrected chi connectivity index (χ3v) is 3.05. The Morgan fingerprint density at radius 1 is 1.21 bits per heavy atom. The summed E-state index contributed by atoms with van der Waals surface area (Å²) in [5.41, 5.74) is 0. The summed E-state index contributed by atoms with van der Waals surface area (Å²) in [7, 11) is 0. The molecule has 1 aliphatic heterocycles. The minimum atomic E-state index is 0.472. The predicted molar refractivity (Wildman–Crippen MR) is 51.1 cm³/mol. The monoisotopic (exact) mass is 193 g/mol. The van der Waals surface area contributed by atoms with Crippen molar-refractivity contribution >= 4 is 0 Å². The molecule has 1 saturated heterocycles. The van der Waals surface area contributed by atoms with Crippen LogP contribution < -0.4 is 5.32 Å². The van der Waals surface area contributed by atoms with Crippen molar-refractivity contribution in [2.24, 2.45) is 0 Å². The minimum Gasteiger partial charge on any atom is -0.339 e. The molecular formula is C10H15N3O. The van der Waals surface area contributed by atoms with Gasteiger partial charge in [-0.3, -0.25) is 0 Å². The summed E-state index contributed by atoms with van der Waals surface area (Å²) in [6.07, 6.45) is 4.86. The molecule has 0 aromatic carbocycles. The van der Waals surface area contributed by atoms with Crippen molar-refractivity contribution in [3.8, 4) is 0 Å². The summed E-state index contributed by atoms with van der Waals surface area (Å²) in [6, 6.07) is 0. The summed E-state index contributed by atoms with van der Waals surface area (Å²) in [6.45, 7) is 2.13. The number of nitrogens with zero attached hydrogens (tertiary/aromatic N) is 2. The van der Waals surface area contributed by atoms with Gasteiger partial charge >= 0.3 is 0 Å². The molecule has 0 amide bonds. The van der Waals surface area contributed by atoms with E-state index in [0.29, 0.717) is 11.8 Å². The lowest BCUT2D eigenvalue weighted by atomic mass is 9.99. The van der Waals surface area contributed by atoms with Gasteiger partial charge in [0, 0.05) is 18.4 Å². The van der Waals surface area contributed by atoms with Crippen LogP contribution in [0.1, 0.15) is 49.2 Å². The zero-order valence-electron chi connectivity index (χ0n) is 8.20. The van der Waals surface area contributed by atoms with E-state index in [9.17, 15) is 0 Å². The van der Waals surface area contributed by atoms with Crippen LogP contribution >= 0.6 is 0 Å². The SMILES string of the molecule is C1CNC[C@H](c2noc(C3CC3)n2)C1. The highest BCUT2D eigenvalue weighted by Crippen LogP contribution is 2.39. The van der Waals surface area contributed by atoms with Gasteiger partial charge in [-0.2, -0.15) is 4.98 Å². The van der Waals surface area contributed by atoms with Crippen LogP contribution in [0.2, 0.25) is 0 Å².